The highest BCUT2D eigenvalue weighted by Gasteiger charge is 2.24. The predicted octanol–water partition coefficient (Wildman–Crippen LogP) is 1.32. The van der Waals surface area contributed by atoms with Crippen LogP contribution in [0.4, 0.5) is 5.69 Å². The van der Waals surface area contributed by atoms with Gasteiger partial charge in [0.25, 0.3) is 0 Å². The minimum atomic E-state index is 0.354. The van der Waals surface area contributed by atoms with Gasteiger partial charge in [0.05, 0.1) is 5.69 Å². The van der Waals surface area contributed by atoms with Gasteiger partial charge in [0.15, 0.2) is 0 Å². The number of phenolic OH excluding ortho intramolecular Hbond substituents is 1. The highest BCUT2D eigenvalue weighted by molar-refractivity contribution is 5.58. The van der Waals surface area contributed by atoms with Crippen molar-refractivity contribution in [3.8, 4) is 5.75 Å². The van der Waals surface area contributed by atoms with Crippen molar-refractivity contribution in [1.82, 2.24) is 0 Å². The molecule has 0 bridgehead atoms. The van der Waals surface area contributed by atoms with E-state index < -0.39 is 0 Å². The Hall–Kier alpha value is -1.22. The first-order valence-electron chi connectivity index (χ1n) is 5.07. The summed E-state index contributed by atoms with van der Waals surface area (Å²) in [5.74, 6) is 0.354. The fourth-order valence-corrected chi connectivity index (χ4v) is 2.10. The van der Waals surface area contributed by atoms with Crippen molar-refractivity contribution in [3.63, 3.8) is 0 Å². The van der Waals surface area contributed by atoms with Gasteiger partial charge in [-0.2, -0.15) is 0 Å². The molecule has 3 N–H and O–H groups in total. The summed E-state index contributed by atoms with van der Waals surface area (Å²) in [7, 11) is 0. The maximum Gasteiger partial charge on any atom is 0.138 e. The predicted molar refractivity (Wildman–Crippen MR) is 57.5 cm³/mol. The normalized spacial score (nSPS) is 21.5. The summed E-state index contributed by atoms with van der Waals surface area (Å²) in [6.07, 6.45) is 2.29. The summed E-state index contributed by atoms with van der Waals surface area (Å²) < 4.78 is 0. The van der Waals surface area contributed by atoms with Crippen LogP contribution in [0.1, 0.15) is 12.8 Å². The van der Waals surface area contributed by atoms with Gasteiger partial charge in [-0.05, 0) is 25.0 Å². The third-order valence-electron chi connectivity index (χ3n) is 2.84. The van der Waals surface area contributed by atoms with Gasteiger partial charge in [-0.3, -0.25) is 0 Å². The molecule has 0 amide bonds. The Balaban J connectivity index is 2.26. The van der Waals surface area contributed by atoms with Gasteiger partial charge in [-0.15, -0.1) is 0 Å². The van der Waals surface area contributed by atoms with Crippen molar-refractivity contribution in [3.05, 3.63) is 24.3 Å². The number of phenols is 1. The highest BCUT2D eigenvalue weighted by atomic mass is 16.3. The van der Waals surface area contributed by atoms with E-state index in [0.29, 0.717) is 18.3 Å². The van der Waals surface area contributed by atoms with E-state index >= 15 is 0 Å². The van der Waals surface area contributed by atoms with E-state index in [1.165, 1.54) is 0 Å². The van der Waals surface area contributed by atoms with Crippen LogP contribution in [0.5, 0.6) is 5.75 Å². The van der Waals surface area contributed by atoms with Crippen molar-refractivity contribution in [1.29, 1.82) is 0 Å². The molecular weight excluding hydrogens is 176 g/mol. The van der Waals surface area contributed by atoms with E-state index in [9.17, 15) is 5.11 Å². The lowest BCUT2D eigenvalue weighted by molar-refractivity contribution is 0.473. The van der Waals surface area contributed by atoms with Gasteiger partial charge in [0, 0.05) is 19.1 Å². The molecule has 1 heterocycles. The number of benzene rings is 1. The van der Waals surface area contributed by atoms with Crippen molar-refractivity contribution in [2.24, 2.45) is 5.73 Å². The molecule has 76 valence electrons. The first kappa shape index (κ1) is 9.34. The topological polar surface area (TPSA) is 49.5 Å². The van der Waals surface area contributed by atoms with E-state index in [4.69, 9.17) is 5.73 Å². The first-order valence-corrected chi connectivity index (χ1v) is 5.07. The van der Waals surface area contributed by atoms with Crippen LogP contribution in [0.25, 0.3) is 0 Å². The van der Waals surface area contributed by atoms with E-state index in [2.05, 4.69) is 4.90 Å². The zero-order valence-corrected chi connectivity index (χ0v) is 8.19. The van der Waals surface area contributed by atoms with Gasteiger partial charge >= 0.3 is 0 Å². The number of anilines is 1. The molecule has 3 nitrogen and oxygen atoms in total. The molecule has 0 aliphatic carbocycles. The van der Waals surface area contributed by atoms with Crippen molar-refractivity contribution >= 4 is 5.69 Å². The lowest BCUT2D eigenvalue weighted by Crippen LogP contribution is -2.35. The average Bonchev–Trinajstić information content (AvgIpc) is 2.66. The summed E-state index contributed by atoms with van der Waals surface area (Å²) in [4.78, 5) is 2.20. The molecule has 14 heavy (non-hydrogen) atoms. The van der Waals surface area contributed by atoms with E-state index in [0.717, 1.165) is 25.1 Å². The Morgan fingerprint density at radius 2 is 2.21 bits per heavy atom. The molecule has 0 radical (unpaired) electrons. The molecule has 1 fully saturated rings. The standard InChI is InChI=1S/C11H16N2O/c12-8-9-4-3-7-13(9)10-5-1-2-6-11(10)14/h1-2,5-6,9,14H,3-4,7-8,12H2/t9-/m0/s1. The van der Waals surface area contributed by atoms with Gasteiger partial charge in [0.1, 0.15) is 5.75 Å². The van der Waals surface area contributed by atoms with Crippen LogP contribution < -0.4 is 10.6 Å². The molecule has 2 rings (SSSR count). The second-order valence-corrected chi connectivity index (χ2v) is 3.71. The molecule has 1 aliphatic heterocycles. The zero-order valence-electron chi connectivity index (χ0n) is 8.19. The maximum absolute atomic E-state index is 9.70. The maximum atomic E-state index is 9.70. The highest BCUT2D eigenvalue weighted by Crippen LogP contribution is 2.31. The molecule has 1 aliphatic rings. The minimum Gasteiger partial charge on any atom is -0.506 e. The number of rotatable bonds is 2. The van der Waals surface area contributed by atoms with E-state index in [-0.39, 0.29) is 0 Å². The Morgan fingerprint density at radius 3 is 2.93 bits per heavy atom. The molecule has 1 atom stereocenters. The summed E-state index contributed by atoms with van der Waals surface area (Å²) >= 11 is 0. The molecule has 0 unspecified atom stereocenters. The Kier molecular flexibility index (Phi) is 2.59. The Labute approximate surface area is 84.1 Å². The van der Waals surface area contributed by atoms with Crippen LogP contribution in [0.15, 0.2) is 24.3 Å². The molecule has 1 saturated heterocycles. The molecule has 0 aromatic heterocycles. The largest absolute Gasteiger partial charge is 0.506 e. The molecular formula is C11H16N2O. The average molecular weight is 192 g/mol. The number of nitrogens with two attached hydrogens (primary N) is 1. The first-order chi connectivity index (χ1) is 6.83. The van der Waals surface area contributed by atoms with Crippen LogP contribution in [-0.2, 0) is 0 Å². The number of para-hydroxylation sites is 2. The van der Waals surface area contributed by atoms with Gasteiger partial charge in [-0.25, -0.2) is 0 Å². The summed E-state index contributed by atoms with van der Waals surface area (Å²) in [6.45, 7) is 1.66. The molecule has 3 heteroatoms. The quantitative estimate of drug-likeness (QED) is 0.743. The second kappa shape index (κ2) is 3.88. The van der Waals surface area contributed by atoms with E-state index in [1.807, 2.05) is 18.2 Å². The van der Waals surface area contributed by atoms with Crippen LogP contribution in [-0.4, -0.2) is 24.2 Å². The molecule has 1 aromatic rings. The molecule has 0 spiro atoms. The third-order valence-corrected chi connectivity index (χ3v) is 2.84. The number of hydrogen-bond donors (Lipinski definition) is 2. The number of hydrogen-bond acceptors (Lipinski definition) is 3. The number of nitrogens with zero attached hydrogens (tertiary/aromatic N) is 1. The second-order valence-electron chi connectivity index (χ2n) is 3.71. The van der Waals surface area contributed by atoms with Crippen LogP contribution in [0.3, 0.4) is 0 Å². The van der Waals surface area contributed by atoms with Gasteiger partial charge < -0.3 is 15.7 Å². The smallest absolute Gasteiger partial charge is 0.138 e. The monoisotopic (exact) mass is 192 g/mol. The minimum absolute atomic E-state index is 0.354. The van der Waals surface area contributed by atoms with Crippen molar-refractivity contribution in [2.75, 3.05) is 18.0 Å². The summed E-state index contributed by atoms with van der Waals surface area (Å²) in [5.41, 5.74) is 6.61. The van der Waals surface area contributed by atoms with E-state index in [1.54, 1.807) is 6.07 Å². The lowest BCUT2D eigenvalue weighted by atomic mass is 10.2. The van der Waals surface area contributed by atoms with Crippen LogP contribution in [0, 0.1) is 0 Å². The summed E-state index contributed by atoms with van der Waals surface area (Å²) in [5, 5.41) is 9.70. The van der Waals surface area contributed by atoms with Gasteiger partial charge in [-0.1, -0.05) is 12.1 Å². The SMILES string of the molecule is NC[C@@H]1CCCN1c1ccccc1O. The fourth-order valence-electron chi connectivity index (χ4n) is 2.10. The molecule has 0 saturated carbocycles. The Bertz CT molecular complexity index is 314. The van der Waals surface area contributed by atoms with Gasteiger partial charge in [0.2, 0.25) is 0 Å². The van der Waals surface area contributed by atoms with Crippen molar-refractivity contribution < 1.29 is 5.11 Å². The zero-order chi connectivity index (χ0) is 9.97. The van der Waals surface area contributed by atoms with Crippen LogP contribution in [0.2, 0.25) is 0 Å². The molecule has 1 aromatic carbocycles. The lowest BCUT2D eigenvalue weighted by Gasteiger charge is -2.26. The Morgan fingerprint density at radius 1 is 1.43 bits per heavy atom. The fraction of sp³-hybridized carbons (Fsp3) is 0.455. The summed E-state index contributed by atoms with van der Waals surface area (Å²) in [6, 6.07) is 7.85. The van der Waals surface area contributed by atoms with Crippen molar-refractivity contribution in [2.45, 2.75) is 18.9 Å². The number of aromatic hydroxyl groups is 1. The third kappa shape index (κ3) is 1.55. The van der Waals surface area contributed by atoms with Crippen LogP contribution >= 0.6 is 0 Å².